The Balaban J connectivity index is 1.96. The Bertz CT molecular complexity index is 1310. The van der Waals surface area contributed by atoms with E-state index in [0.29, 0.717) is 11.1 Å². The first kappa shape index (κ1) is 17.5. The zero-order chi connectivity index (χ0) is 20.1. The van der Waals surface area contributed by atoms with Gasteiger partial charge in [-0.25, -0.2) is 9.59 Å². The molecule has 0 saturated heterocycles. The number of benzene rings is 3. The van der Waals surface area contributed by atoms with Crippen molar-refractivity contribution in [2.24, 2.45) is 0 Å². The standard InChI is InChI=1S/C24H18O5/c25-23(26)21-19(12-29-22(21)24(27)28)18-11-14-6-2-3-7-15(14)17-10-9-13-5-1-4-8-16(13)20(17)18/h2-3,6-7,9-12H,1,4-5,8H2,(H,25,26)(H,27,28). The smallest absolute Gasteiger partial charge is 0.372 e. The molecule has 0 radical (unpaired) electrons. The third-order valence-electron chi connectivity index (χ3n) is 5.84. The van der Waals surface area contributed by atoms with Crippen LogP contribution < -0.4 is 0 Å². The Morgan fingerprint density at radius 2 is 1.66 bits per heavy atom. The average Bonchev–Trinajstić information content (AvgIpc) is 3.18. The van der Waals surface area contributed by atoms with Gasteiger partial charge in [-0.1, -0.05) is 36.4 Å². The largest absolute Gasteiger partial charge is 0.478 e. The second-order valence-corrected chi connectivity index (χ2v) is 7.44. The van der Waals surface area contributed by atoms with Crippen molar-refractivity contribution in [2.45, 2.75) is 25.7 Å². The lowest BCUT2D eigenvalue weighted by atomic mass is 9.83. The summed E-state index contributed by atoms with van der Waals surface area (Å²) >= 11 is 0. The van der Waals surface area contributed by atoms with E-state index in [4.69, 9.17) is 4.42 Å². The van der Waals surface area contributed by atoms with E-state index in [2.05, 4.69) is 18.2 Å². The van der Waals surface area contributed by atoms with Crippen molar-refractivity contribution in [3.63, 3.8) is 0 Å². The lowest BCUT2D eigenvalue weighted by Crippen LogP contribution is -2.07. The van der Waals surface area contributed by atoms with Gasteiger partial charge in [0, 0.05) is 5.56 Å². The summed E-state index contributed by atoms with van der Waals surface area (Å²) in [4.78, 5) is 23.5. The number of rotatable bonds is 3. The van der Waals surface area contributed by atoms with Gasteiger partial charge in [0.25, 0.3) is 0 Å². The van der Waals surface area contributed by atoms with E-state index in [9.17, 15) is 19.8 Å². The first-order chi connectivity index (χ1) is 14.1. The highest BCUT2D eigenvalue weighted by Gasteiger charge is 2.28. The molecule has 0 fully saturated rings. The third-order valence-corrected chi connectivity index (χ3v) is 5.84. The monoisotopic (exact) mass is 386 g/mol. The summed E-state index contributed by atoms with van der Waals surface area (Å²) in [7, 11) is 0. The molecule has 2 N–H and O–H groups in total. The summed E-state index contributed by atoms with van der Waals surface area (Å²) < 4.78 is 5.20. The number of fused-ring (bicyclic) bond motifs is 5. The van der Waals surface area contributed by atoms with Crippen LogP contribution in [0.1, 0.15) is 44.9 Å². The van der Waals surface area contributed by atoms with Gasteiger partial charge in [-0.2, -0.15) is 0 Å². The molecule has 5 heteroatoms. The normalized spacial score (nSPS) is 13.5. The van der Waals surface area contributed by atoms with Crippen LogP contribution in [0.25, 0.3) is 32.7 Å². The molecule has 4 aromatic rings. The van der Waals surface area contributed by atoms with Crippen molar-refractivity contribution in [1.29, 1.82) is 0 Å². The lowest BCUT2D eigenvalue weighted by Gasteiger charge is -2.21. The van der Waals surface area contributed by atoms with Gasteiger partial charge in [-0.3, -0.25) is 0 Å². The molecule has 1 aliphatic rings. The lowest BCUT2D eigenvalue weighted by molar-refractivity contribution is 0.0626. The molecule has 0 spiro atoms. The number of carboxylic acids is 2. The minimum Gasteiger partial charge on any atom is -0.478 e. The fourth-order valence-electron chi connectivity index (χ4n) is 4.59. The summed E-state index contributed by atoms with van der Waals surface area (Å²) in [6, 6.07) is 14.2. The highest BCUT2D eigenvalue weighted by Crippen LogP contribution is 2.42. The van der Waals surface area contributed by atoms with Gasteiger partial charge in [0.15, 0.2) is 0 Å². The van der Waals surface area contributed by atoms with Crippen molar-refractivity contribution in [3.05, 3.63) is 71.2 Å². The number of aromatic carboxylic acids is 2. The quantitative estimate of drug-likeness (QED) is 0.452. The first-order valence-electron chi connectivity index (χ1n) is 9.61. The molecule has 0 saturated carbocycles. The Kier molecular flexibility index (Phi) is 3.91. The summed E-state index contributed by atoms with van der Waals surface area (Å²) in [6.07, 6.45) is 5.39. The minimum absolute atomic E-state index is 0.303. The van der Waals surface area contributed by atoms with Gasteiger partial charge in [0.1, 0.15) is 11.8 Å². The molecule has 0 bridgehead atoms. The van der Waals surface area contributed by atoms with Crippen LogP contribution in [0.5, 0.6) is 0 Å². The SMILES string of the molecule is O=C(O)c1occ(-c2cc3ccccc3c3ccc4c(c23)CCCC4)c1C(=O)O. The Hall–Kier alpha value is -3.60. The van der Waals surface area contributed by atoms with Crippen LogP contribution in [0.15, 0.2) is 53.1 Å². The average molecular weight is 386 g/mol. The fraction of sp³-hybridized carbons (Fsp3) is 0.167. The van der Waals surface area contributed by atoms with E-state index >= 15 is 0 Å². The molecule has 29 heavy (non-hydrogen) atoms. The van der Waals surface area contributed by atoms with Crippen molar-refractivity contribution in [3.8, 4) is 11.1 Å². The molecule has 3 aromatic carbocycles. The molecule has 0 unspecified atom stereocenters. The van der Waals surface area contributed by atoms with Crippen LogP contribution in [0.2, 0.25) is 0 Å². The zero-order valence-electron chi connectivity index (χ0n) is 15.6. The molecular weight excluding hydrogens is 368 g/mol. The van der Waals surface area contributed by atoms with E-state index in [1.54, 1.807) is 0 Å². The van der Waals surface area contributed by atoms with E-state index in [1.165, 1.54) is 17.4 Å². The van der Waals surface area contributed by atoms with E-state index in [1.807, 2.05) is 24.3 Å². The van der Waals surface area contributed by atoms with Gasteiger partial charge in [0.05, 0.1) is 0 Å². The summed E-state index contributed by atoms with van der Waals surface area (Å²) in [6.45, 7) is 0. The van der Waals surface area contributed by atoms with Crippen molar-refractivity contribution in [2.75, 3.05) is 0 Å². The van der Waals surface area contributed by atoms with Crippen LogP contribution in [0.3, 0.4) is 0 Å². The Morgan fingerprint density at radius 1 is 0.862 bits per heavy atom. The highest BCUT2D eigenvalue weighted by atomic mass is 16.4. The first-order valence-corrected chi connectivity index (χ1v) is 9.61. The van der Waals surface area contributed by atoms with E-state index in [0.717, 1.165) is 47.2 Å². The predicted octanol–water partition coefficient (Wildman–Crippen LogP) is 5.53. The second-order valence-electron chi connectivity index (χ2n) is 7.44. The number of furan rings is 1. The molecule has 0 aliphatic heterocycles. The van der Waals surface area contributed by atoms with Crippen LogP contribution in [0, 0.1) is 0 Å². The van der Waals surface area contributed by atoms with Crippen LogP contribution >= 0.6 is 0 Å². The molecule has 0 amide bonds. The second kappa shape index (κ2) is 6.48. The maximum absolute atomic E-state index is 11.9. The summed E-state index contributed by atoms with van der Waals surface area (Å²) in [5.41, 5.74) is 3.22. The topological polar surface area (TPSA) is 87.7 Å². The van der Waals surface area contributed by atoms with Crippen molar-refractivity contribution < 1.29 is 24.2 Å². The van der Waals surface area contributed by atoms with Gasteiger partial charge in [-0.05, 0) is 70.0 Å². The minimum atomic E-state index is -1.39. The summed E-state index contributed by atoms with van der Waals surface area (Å²) in [5.74, 6) is -3.24. The number of carboxylic acid groups (broad SMARTS) is 2. The predicted molar refractivity (Wildman–Crippen MR) is 110 cm³/mol. The highest BCUT2D eigenvalue weighted by molar-refractivity contribution is 6.17. The van der Waals surface area contributed by atoms with Crippen LogP contribution in [-0.4, -0.2) is 22.2 Å². The van der Waals surface area contributed by atoms with E-state index < -0.39 is 17.7 Å². The Labute approximate surface area is 166 Å². The maximum Gasteiger partial charge on any atom is 0.372 e. The van der Waals surface area contributed by atoms with Gasteiger partial charge < -0.3 is 14.6 Å². The number of hydrogen-bond acceptors (Lipinski definition) is 3. The van der Waals surface area contributed by atoms with Crippen molar-refractivity contribution in [1.82, 2.24) is 0 Å². The molecule has 1 aliphatic carbocycles. The molecule has 0 atom stereocenters. The van der Waals surface area contributed by atoms with Crippen LogP contribution in [0.4, 0.5) is 0 Å². The fourth-order valence-corrected chi connectivity index (χ4v) is 4.59. The zero-order valence-corrected chi connectivity index (χ0v) is 15.6. The number of hydrogen-bond donors (Lipinski definition) is 2. The number of aryl methyl sites for hydroxylation is 2. The maximum atomic E-state index is 11.9. The van der Waals surface area contributed by atoms with Gasteiger partial charge >= 0.3 is 11.9 Å². The summed E-state index contributed by atoms with van der Waals surface area (Å²) in [5, 5.41) is 23.3. The molecule has 1 aromatic heterocycles. The molecule has 1 heterocycles. The van der Waals surface area contributed by atoms with Crippen LogP contribution in [-0.2, 0) is 12.8 Å². The number of carbonyl (C=O) groups is 2. The van der Waals surface area contributed by atoms with E-state index in [-0.39, 0.29) is 5.56 Å². The molecular formula is C24H18O5. The molecule has 144 valence electrons. The van der Waals surface area contributed by atoms with Gasteiger partial charge in [0.2, 0.25) is 5.76 Å². The van der Waals surface area contributed by atoms with Gasteiger partial charge in [-0.15, -0.1) is 0 Å². The van der Waals surface area contributed by atoms with Crippen molar-refractivity contribution >= 4 is 33.5 Å². The Morgan fingerprint density at radius 3 is 2.45 bits per heavy atom. The molecule has 5 nitrogen and oxygen atoms in total. The third kappa shape index (κ3) is 2.62. The molecule has 5 rings (SSSR count).